The predicted octanol–water partition coefficient (Wildman–Crippen LogP) is 4.42. The minimum absolute atomic E-state index is 0.117. The topological polar surface area (TPSA) is 32.3 Å². The van der Waals surface area contributed by atoms with Gasteiger partial charge in [0.05, 0.1) is 6.04 Å². The maximum atomic E-state index is 12.5. The molecule has 1 saturated heterocycles. The normalized spacial score (nSPS) is 19.9. The van der Waals surface area contributed by atoms with E-state index in [2.05, 4.69) is 41.6 Å². The summed E-state index contributed by atoms with van der Waals surface area (Å²) in [5, 5.41) is 5.20. The number of nitrogens with zero attached hydrogens (tertiary/aromatic N) is 1. The summed E-state index contributed by atoms with van der Waals surface area (Å²) in [6.45, 7) is 6.04. The van der Waals surface area contributed by atoms with E-state index in [4.69, 9.17) is 0 Å². The van der Waals surface area contributed by atoms with Crippen LogP contribution in [0.4, 0.5) is 4.79 Å². The highest BCUT2D eigenvalue weighted by atomic mass is 32.1. The molecular weight excluding hydrogens is 268 g/mol. The maximum Gasteiger partial charge on any atom is 0.317 e. The third kappa shape index (κ3) is 4.23. The minimum Gasteiger partial charge on any atom is -0.338 e. The first-order chi connectivity index (χ1) is 9.68. The average molecular weight is 294 g/mol. The van der Waals surface area contributed by atoms with Gasteiger partial charge in [0, 0.05) is 18.0 Å². The zero-order chi connectivity index (χ0) is 14.4. The van der Waals surface area contributed by atoms with Crippen LogP contribution in [-0.4, -0.2) is 24.0 Å². The fourth-order valence-corrected chi connectivity index (χ4v) is 3.57. The Balaban J connectivity index is 1.99. The molecule has 1 aliphatic rings. The summed E-state index contributed by atoms with van der Waals surface area (Å²) < 4.78 is 0. The molecule has 2 rings (SSSR count). The second kappa shape index (κ2) is 7.67. The zero-order valence-electron chi connectivity index (χ0n) is 12.6. The Morgan fingerprint density at radius 3 is 3.00 bits per heavy atom. The number of amides is 2. The van der Waals surface area contributed by atoms with E-state index in [1.165, 1.54) is 17.7 Å². The zero-order valence-corrected chi connectivity index (χ0v) is 13.4. The Bertz CT molecular complexity index is 403. The molecule has 1 aromatic rings. The van der Waals surface area contributed by atoms with Gasteiger partial charge in [-0.05, 0) is 36.6 Å². The van der Waals surface area contributed by atoms with E-state index in [1.807, 2.05) is 0 Å². The molecule has 4 heteroatoms. The van der Waals surface area contributed by atoms with Crippen molar-refractivity contribution in [2.45, 2.75) is 52.0 Å². The molecule has 0 aromatic carbocycles. The molecular formula is C16H26N2OS. The lowest BCUT2D eigenvalue weighted by Gasteiger charge is -2.29. The number of urea groups is 1. The van der Waals surface area contributed by atoms with Crippen molar-refractivity contribution in [1.82, 2.24) is 10.2 Å². The van der Waals surface area contributed by atoms with Crippen molar-refractivity contribution < 1.29 is 4.79 Å². The van der Waals surface area contributed by atoms with Gasteiger partial charge in [0.1, 0.15) is 0 Å². The Kier molecular flexibility index (Phi) is 5.89. The molecule has 2 heterocycles. The number of rotatable bonds is 4. The van der Waals surface area contributed by atoms with Crippen molar-refractivity contribution in [3.8, 4) is 0 Å². The molecule has 20 heavy (non-hydrogen) atoms. The standard InChI is InChI=1S/C16H26N2OS/c1-13(2)9-10-17-16(19)18-11-5-3-4-7-14(18)15-8-6-12-20-15/h6,8,12-14H,3-5,7,9-11H2,1-2H3,(H,17,19). The Morgan fingerprint density at radius 1 is 1.45 bits per heavy atom. The molecule has 0 radical (unpaired) electrons. The van der Waals surface area contributed by atoms with Gasteiger partial charge in [-0.3, -0.25) is 0 Å². The highest BCUT2D eigenvalue weighted by Crippen LogP contribution is 2.32. The molecule has 1 atom stereocenters. The van der Waals surface area contributed by atoms with Crippen LogP contribution in [-0.2, 0) is 0 Å². The van der Waals surface area contributed by atoms with Crippen LogP contribution >= 0.6 is 11.3 Å². The van der Waals surface area contributed by atoms with E-state index in [9.17, 15) is 4.79 Å². The number of carbonyl (C=O) groups is 1. The molecule has 2 amide bonds. The van der Waals surface area contributed by atoms with Crippen molar-refractivity contribution in [2.24, 2.45) is 5.92 Å². The van der Waals surface area contributed by atoms with Crippen LogP contribution in [0.25, 0.3) is 0 Å². The summed E-state index contributed by atoms with van der Waals surface area (Å²) >= 11 is 1.77. The second-order valence-electron chi connectivity index (χ2n) is 5.99. The summed E-state index contributed by atoms with van der Waals surface area (Å²) in [6, 6.07) is 4.64. The lowest BCUT2D eigenvalue weighted by molar-refractivity contribution is 0.176. The Labute approximate surface area is 126 Å². The molecule has 1 unspecified atom stereocenters. The van der Waals surface area contributed by atoms with Crippen molar-refractivity contribution in [3.63, 3.8) is 0 Å². The number of carbonyl (C=O) groups excluding carboxylic acids is 1. The number of hydrogen-bond acceptors (Lipinski definition) is 2. The van der Waals surface area contributed by atoms with Crippen molar-refractivity contribution in [3.05, 3.63) is 22.4 Å². The first kappa shape index (κ1) is 15.4. The first-order valence-electron chi connectivity index (χ1n) is 7.76. The molecule has 1 aliphatic heterocycles. The van der Waals surface area contributed by atoms with Gasteiger partial charge in [-0.15, -0.1) is 11.3 Å². The second-order valence-corrected chi connectivity index (χ2v) is 6.97. The molecule has 1 N–H and O–H groups in total. The van der Waals surface area contributed by atoms with Gasteiger partial charge in [0.2, 0.25) is 0 Å². The van der Waals surface area contributed by atoms with Gasteiger partial charge in [-0.25, -0.2) is 4.79 Å². The molecule has 0 saturated carbocycles. The van der Waals surface area contributed by atoms with Crippen LogP contribution in [0.2, 0.25) is 0 Å². The van der Waals surface area contributed by atoms with E-state index in [1.54, 1.807) is 11.3 Å². The molecule has 1 fully saturated rings. The third-order valence-corrected chi connectivity index (χ3v) is 4.86. The number of thiophene rings is 1. The van der Waals surface area contributed by atoms with E-state index in [0.29, 0.717) is 5.92 Å². The highest BCUT2D eigenvalue weighted by Gasteiger charge is 2.27. The summed E-state index contributed by atoms with van der Waals surface area (Å²) in [5.74, 6) is 0.632. The first-order valence-corrected chi connectivity index (χ1v) is 8.64. The van der Waals surface area contributed by atoms with Gasteiger partial charge < -0.3 is 10.2 Å². The quantitative estimate of drug-likeness (QED) is 0.876. The minimum atomic E-state index is 0.117. The molecule has 0 aliphatic carbocycles. The van der Waals surface area contributed by atoms with Crippen molar-refractivity contribution in [1.29, 1.82) is 0 Å². The van der Waals surface area contributed by atoms with Gasteiger partial charge in [0.15, 0.2) is 0 Å². The van der Waals surface area contributed by atoms with Gasteiger partial charge >= 0.3 is 6.03 Å². The monoisotopic (exact) mass is 294 g/mol. The summed E-state index contributed by atoms with van der Waals surface area (Å²) in [7, 11) is 0. The highest BCUT2D eigenvalue weighted by molar-refractivity contribution is 7.10. The molecule has 3 nitrogen and oxygen atoms in total. The molecule has 0 spiro atoms. The van der Waals surface area contributed by atoms with E-state index in [0.717, 1.165) is 32.4 Å². The van der Waals surface area contributed by atoms with E-state index >= 15 is 0 Å². The van der Waals surface area contributed by atoms with Gasteiger partial charge in [-0.1, -0.05) is 32.8 Å². The van der Waals surface area contributed by atoms with E-state index in [-0.39, 0.29) is 12.1 Å². The lowest BCUT2D eigenvalue weighted by Crippen LogP contribution is -2.42. The number of likely N-dealkylation sites (tertiary alicyclic amines) is 1. The van der Waals surface area contributed by atoms with Crippen molar-refractivity contribution in [2.75, 3.05) is 13.1 Å². The van der Waals surface area contributed by atoms with Crippen LogP contribution in [0.5, 0.6) is 0 Å². The van der Waals surface area contributed by atoms with Crippen LogP contribution in [0.15, 0.2) is 17.5 Å². The fourth-order valence-electron chi connectivity index (χ4n) is 2.70. The lowest BCUT2D eigenvalue weighted by atomic mass is 10.1. The molecule has 112 valence electrons. The van der Waals surface area contributed by atoms with E-state index < -0.39 is 0 Å². The maximum absolute atomic E-state index is 12.5. The Morgan fingerprint density at radius 2 is 2.30 bits per heavy atom. The summed E-state index contributed by atoms with van der Waals surface area (Å²) in [5.41, 5.74) is 0. The fraction of sp³-hybridized carbons (Fsp3) is 0.688. The van der Waals surface area contributed by atoms with Gasteiger partial charge in [-0.2, -0.15) is 0 Å². The molecule has 1 aromatic heterocycles. The predicted molar refractivity (Wildman–Crippen MR) is 85.1 cm³/mol. The van der Waals surface area contributed by atoms with Gasteiger partial charge in [0.25, 0.3) is 0 Å². The van der Waals surface area contributed by atoms with Crippen LogP contribution < -0.4 is 5.32 Å². The van der Waals surface area contributed by atoms with Crippen LogP contribution in [0.3, 0.4) is 0 Å². The number of hydrogen-bond donors (Lipinski definition) is 1. The largest absolute Gasteiger partial charge is 0.338 e. The Hall–Kier alpha value is -1.03. The smallest absolute Gasteiger partial charge is 0.317 e. The average Bonchev–Trinajstić information content (AvgIpc) is 2.82. The van der Waals surface area contributed by atoms with Crippen LogP contribution in [0.1, 0.15) is 56.9 Å². The van der Waals surface area contributed by atoms with Crippen LogP contribution in [0, 0.1) is 5.92 Å². The third-order valence-electron chi connectivity index (χ3n) is 3.88. The van der Waals surface area contributed by atoms with Crippen molar-refractivity contribution >= 4 is 17.4 Å². The SMILES string of the molecule is CC(C)CCNC(=O)N1CCCCCC1c1cccs1. The number of nitrogens with one attached hydrogen (secondary N) is 1. The summed E-state index contributed by atoms with van der Waals surface area (Å²) in [6.07, 6.45) is 5.72. The summed E-state index contributed by atoms with van der Waals surface area (Å²) in [4.78, 5) is 15.8. The molecule has 0 bridgehead atoms.